The molecule has 5 nitrogen and oxygen atoms in total. The number of anilines is 1. The Kier molecular flexibility index (Phi) is 7.60. The molecule has 186 valence electrons. The van der Waals surface area contributed by atoms with Crippen LogP contribution in [0.3, 0.4) is 0 Å². The Morgan fingerprint density at radius 2 is 1.67 bits per heavy atom. The number of aromatic nitrogens is 2. The predicted molar refractivity (Wildman–Crippen MR) is 125 cm³/mol. The van der Waals surface area contributed by atoms with Crippen molar-refractivity contribution in [2.45, 2.75) is 13.2 Å². The molecule has 0 aliphatic rings. The van der Waals surface area contributed by atoms with Crippen LogP contribution in [0.4, 0.5) is 27.8 Å². The number of halogens is 7. The molecule has 1 aromatic heterocycles. The van der Waals surface area contributed by atoms with Gasteiger partial charge in [0.15, 0.2) is 23.2 Å². The molecule has 4 rings (SSSR count). The highest BCUT2D eigenvalue weighted by Crippen LogP contribution is 2.28. The number of benzene rings is 3. The fourth-order valence-electron chi connectivity index (χ4n) is 3.17. The van der Waals surface area contributed by atoms with E-state index in [-0.39, 0.29) is 34.6 Å². The Morgan fingerprint density at radius 1 is 1.00 bits per heavy atom. The van der Waals surface area contributed by atoms with Crippen LogP contribution in [0.15, 0.2) is 59.2 Å². The first-order chi connectivity index (χ1) is 17.1. The normalized spacial score (nSPS) is 11.0. The number of carbonyl (C=O) groups excluding carboxylic acids is 1. The van der Waals surface area contributed by atoms with Crippen LogP contribution in [0.2, 0.25) is 5.02 Å². The van der Waals surface area contributed by atoms with E-state index in [1.807, 2.05) is 0 Å². The molecule has 0 radical (unpaired) electrons. The van der Waals surface area contributed by atoms with Gasteiger partial charge in [-0.1, -0.05) is 29.8 Å². The van der Waals surface area contributed by atoms with Crippen molar-refractivity contribution >= 4 is 39.3 Å². The van der Waals surface area contributed by atoms with Gasteiger partial charge < -0.3 is 10.1 Å². The van der Waals surface area contributed by atoms with E-state index in [0.29, 0.717) is 10.0 Å². The number of ether oxygens (including phenoxy) is 1. The lowest BCUT2D eigenvalue weighted by molar-refractivity contribution is 0.102. The third-order valence-corrected chi connectivity index (χ3v) is 5.94. The lowest BCUT2D eigenvalue weighted by atomic mass is 10.1. The molecule has 0 saturated heterocycles. The summed E-state index contributed by atoms with van der Waals surface area (Å²) >= 11 is 9.34. The molecule has 36 heavy (non-hydrogen) atoms. The summed E-state index contributed by atoms with van der Waals surface area (Å²) in [5.41, 5.74) is 0.833. The molecule has 3 aromatic carbocycles. The van der Waals surface area contributed by atoms with Crippen molar-refractivity contribution in [2.75, 3.05) is 5.32 Å². The Bertz CT molecular complexity index is 1400. The van der Waals surface area contributed by atoms with E-state index in [2.05, 4.69) is 26.3 Å². The zero-order valence-corrected chi connectivity index (χ0v) is 20.3. The van der Waals surface area contributed by atoms with E-state index < -0.39 is 47.3 Å². The zero-order valence-electron chi connectivity index (χ0n) is 18.0. The Hall–Kier alpha value is -3.44. The minimum atomic E-state index is -1.65. The van der Waals surface area contributed by atoms with Gasteiger partial charge in [-0.15, -0.1) is 0 Å². The van der Waals surface area contributed by atoms with Crippen LogP contribution < -0.4 is 10.1 Å². The lowest BCUT2D eigenvalue weighted by Gasteiger charge is -2.10. The van der Waals surface area contributed by atoms with E-state index in [1.54, 1.807) is 12.3 Å². The standard InChI is InChI=1S/C24H14BrClF5N3O2/c25-15-10-34(9-14-16(26)2-1-3-17(14)27)33-23(15)32-24(35)13-6-4-12(5-7-13)11-36-22-20(30)18(28)8-19(29)21(22)31/h1-8,10H,9,11H2,(H,32,33,35). The van der Waals surface area contributed by atoms with Crippen LogP contribution in [-0.2, 0) is 13.2 Å². The van der Waals surface area contributed by atoms with Crippen LogP contribution in [-0.4, -0.2) is 15.7 Å². The molecule has 0 spiro atoms. The first-order valence-corrected chi connectivity index (χ1v) is 11.3. The van der Waals surface area contributed by atoms with E-state index in [0.717, 1.165) is 0 Å². The average molecular weight is 587 g/mol. The summed E-state index contributed by atoms with van der Waals surface area (Å²) in [4.78, 5) is 12.6. The summed E-state index contributed by atoms with van der Waals surface area (Å²) in [6.45, 7) is -0.377. The maximum atomic E-state index is 14.0. The molecule has 4 aromatic rings. The summed E-state index contributed by atoms with van der Waals surface area (Å²) in [7, 11) is 0. The van der Waals surface area contributed by atoms with Gasteiger partial charge in [-0.2, -0.15) is 13.9 Å². The van der Waals surface area contributed by atoms with Crippen LogP contribution in [0, 0.1) is 29.1 Å². The molecule has 0 aliphatic heterocycles. The Labute approximate surface area is 214 Å². The van der Waals surface area contributed by atoms with Crippen LogP contribution in [0.25, 0.3) is 0 Å². The quantitative estimate of drug-likeness (QED) is 0.190. The van der Waals surface area contributed by atoms with Crippen molar-refractivity contribution in [2.24, 2.45) is 0 Å². The van der Waals surface area contributed by atoms with Gasteiger partial charge in [0.1, 0.15) is 12.4 Å². The van der Waals surface area contributed by atoms with Gasteiger partial charge in [-0.05, 0) is 45.8 Å². The zero-order chi connectivity index (χ0) is 26.0. The van der Waals surface area contributed by atoms with E-state index >= 15 is 0 Å². The maximum absolute atomic E-state index is 14.0. The monoisotopic (exact) mass is 585 g/mol. The summed E-state index contributed by atoms with van der Waals surface area (Å²) in [6.07, 6.45) is 1.55. The fourth-order valence-corrected chi connectivity index (χ4v) is 3.81. The number of nitrogens with zero attached hydrogens (tertiary/aromatic N) is 2. The Morgan fingerprint density at radius 3 is 2.31 bits per heavy atom. The molecular weight excluding hydrogens is 573 g/mol. The van der Waals surface area contributed by atoms with Gasteiger partial charge >= 0.3 is 0 Å². The minimum absolute atomic E-state index is 0.0328. The van der Waals surface area contributed by atoms with Crippen molar-refractivity contribution in [1.82, 2.24) is 9.78 Å². The van der Waals surface area contributed by atoms with Crippen molar-refractivity contribution in [3.05, 3.63) is 110 Å². The molecule has 0 saturated carbocycles. The van der Waals surface area contributed by atoms with Crippen LogP contribution in [0.5, 0.6) is 5.75 Å². The maximum Gasteiger partial charge on any atom is 0.256 e. The average Bonchev–Trinajstić information content (AvgIpc) is 3.19. The molecule has 1 N–H and O–H groups in total. The summed E-state index contributed by atoms with van der Waals surface area (Å²) < 4.78 is 74.9. The Balaban J connectivity index is 1.41. The lowest BCUT2D eigenvalue weighted by Crippen LogP contribution is -2.13. The number of hydrogen-bond donors (Lipinski definition) is 1. The van der Waals surface area contributed by atoms with E-state index in [1.165, 1.54) is 41.1 Å². The van der Waals surface area contributed by atoms with Crippen molar-refractivity contribution in [3.8, 4) is 5.75 Å². The van der Waals surface area contributed by atoms with E-state index in [4.69, 9.17) is 16.3 Å². The summed E-state index contributed by atoms with van der Waals surface area (Å²) in [6, 6.07) is 10.1. The van der Waals surface area contributed by atoms with Gasteiger partial charge in [0.2, 0.25) is 11.6 Å². The predicted octanol–water partition coefficient (Wildman–Crippen LogP) is 6.87. The van der Waals surface area contributed by atoms with Crippen LogP contribution in [0.1, 0.15) is 21.5 Å². The van der Waals surface area contributed by atoms with Gasteiger partial charge in [-0.25, -0.2) is 13.2 Å². The largest absolute Gasteiger partial charge is 0.483 e. The second-order valence-electron chi connectivity index (χ2n) is 7.46. The van der Waals surface area contributed by atoms with Crippen molar-refractivity contribution < 1.29 is 31.5 Å². The number of rotatable bonds is 7. The van der Waals surface area contributed by atoms with Gasteiger partial charge in [-0.3, -0.25) is 9.48 Å². The molecule has 1 heterocycles. The smallest absolute Gasteiger partial charge is 0.256 e. The molecule has 0 fully saturated rings. The second-order valence-corrected chi connectivity index (χ2v) is 8.72. The summed E-state index contributed by atoms with van der Waals surface area (Å²) in [5, 5.41) is 7.07. The van der Waals surface area contributed by atoms with Crippen molar-refractivity contribution in [1.29, 1.82) is 0 Å². The first kappa shape index (κ1) is 25.6. The van der Waals surface area contributed by atoms with Crippen LogP contribution >= 0.6 is 27.5 Å². The van der Waals surface area contributed by atoms with Gasteiger partial charge in [0, 0.05) is 28.4 Å². The molecular formula is C24H14BrClF5N3O2. The second kappa shape index (κ2) is 10.7. The summed E-state index contributed by atoms with van der Waals surface area (Å²) in [5.74, 6) is -8.47. The third-order valence-electron chi connectivity index (χ3n) is 5.00. The third kappa shape index (κ3) is 5.52. The molecule has 0 aliphatic carbocycles. The van der Waals surface area contributed by atoms with Gasteiger partial charge in [0.05, 0.1) is 11.0 Å². The molecule has 0 atom stereocenters. The molecule has 0 bridgehead atoms. The topological polar surface area (TPSA) is 56.2 Å². The number of hydrogen-bond acceptors (Lipinski definition) is 3. The minimum Gasteiger partial charge on any atom is -0.483 e. The highest BCUT2D eigenvalue weighted by Gasteiger charge is 2.21. The van der Waals surface area contributed by atoms with E-state index in [9.17, 15) is 26.7 Å². The number of nitrogens with one attached hydrogen (secondary N) is 1. The SMILES string of the molecule is O=C(Nc1nn(Cc2c(F)cccc2Cl)cc1Br)c1ccc(COc2c(F)c(F)cc(F)c2F)cc1. The fraction of sp³-hybridized carbons (Fsp3) is 0.0833. The van der Waals surface area contributed by atoms with Gasteiger partial charge in [0.25, 0.3) is 5.91 Å². The molecule has 12 heteroatoms. The highest BCUT2D eigenvalue weighted by molar-refractivity contribution is 9.10. The number of carbonyl (C=O) groups is 1. The molecule has 1 amide bonds. The van der Waals surface area contributed by atoms with Crippen molar-refractivity contribution in [3.63, 3.8) is 0 Å². The number of amides is 1. The highest BCUT2D eigenvalue weighted by atomic mass is 79.9. The first-order valence-electron chi connectivity index (χ1n) is 10.2. The molecule has 0 unspecified atom stereocenters.